The van der Waals surface area contributed by atoms with Gasteiger partial charge in [0.25, 0.3) is 0 Å². The fourth-order valence-corrected chi connectivity index (χ4v) is 10.4. The van der Waals surface area contributed by atoms with Gasteiger partial charge in [0, 0.05) is 38.8 Å². The predicted octanol–water partition coefficient (Wildman–Crippen LogP) is 13.3. The highest BCUT2D eigenvalue weighted by Gasteiger charge is 2.40. The van der Waals surface area contributed by atoms with Crippen LogP contribution in [-0.4, -0.2) is 0 Å². The zero-order valence-electron chi connectivity index (χ0n) is 28.3. The second-order valence-electron chi connectivity index (χ2n) is 16.0. The molecule has 0 saturated heterocycles. The van der Waals surface area contributed by atoms with E-state index in [1.54, 1.807) is 5.56 Å². The molecule has 0 amide bonds. The van der Waals surface area contributed by atoms with Crippen molar-refractivity contribution in [3.8, 4) is 11.1 Å². The highest BCUT2D eigenvalue weighted by molar-refractivity contribution is 6.11. The molecule has 1 heterocycles. The maximum Gasteiger partial charge on any atom is 0.143 e. The topological polar surface area (TPSA) is 16.4 Å². The predicted molar refractivity (Wildman–Crippen MR) is 200 cm³/mol. The molecule has 2 nitrogen and oxygen atoms in total. The normalized spacial score (nSPS) is 22.8. The highest BCUT2D eigenvalue weighted by Crippen LogP contribution is 2.55. The Labute approximate surface area is 284 Å². The van der Waals surface area contributed by atoms with E-state index in [1.165, 1.54) is 113 Å². The minimum absolute atomic E-state index is 0.143. The molecule has 0 spiro atoms. The standard InChI is InChI=1S/C46H45NO/c1-46(2)41-25-24-38-37-10-6-7-11-43(37)48-45(38)44(41)39-23-22-36(28-42(39)46)47(34-18-14-31(15-19-34)30-8-4-3-5-9-30)35-20-16-32(17-21-35)40-27-29-12-13-33(40)26-29/h6-7,10-11,14-25,28-30,33,40H,3-5,8-9,12-13,26-27H2,1-2H3. The fourth-order valence-electron chi connectivity index (χ4n) is 10.4. The summed E-state index contributed by atoms with van der Waals surface area (Å²) in [6.07, 6.45) is 12.5. The van der Waals surface area contributed by atoms with Crippen molar-refractivity contribution in [1.29, 1.82) is 0 Å². The number of fused-ring (bicyclic) bond motifs is 9. The maximum atomic E-state index is 6.58. The van der Waals surface area contributed by atoms with Crippen LogP contribution in [0.3, 0.4) is 0 Å². The van der Waals surface area contributed by atoms with E-state index in [1.807, 2.05) is 0 Å². The summed E-state index contributed by atoms with van der Waals surface area (Å²) in [4.78, 5) is 2.49. The van der Waals surface area contributed by atoms with E-state index < -0.39 is 0 Å². The number of hydrogen-bond acceptors (Lipinski definition) is 2. The molecule has 2 bridgehead atoms. The van der Waals surface area contributed by atoms with Crippen molar-refractivity contribution in [2.75, 3.05) is 4.90 Å². The first-order valence-corrected chi connectivity index (χ1v) is 18.6. The number of benzene rings is 5. The van der Waals surface area contributed by atoms with Gasteiger partial charge in [-0.25, -0.2) is 0 Å². The Morgan fingerprint density at radius 2 is 1.35 bits per heavy atom. The van der Waals surface area contributed by atoms with Gasteiger partial charge in [-0.05, 0) is 126 Å². The van der Waals surface area contributed by atoms with Crippen LogP contribution in [0.4, 0.5) is 17.1 Å². The Bertz CT molecular complexity index is 2160. The van der Waals surface area contributed by atoms with Crippen LogP contribution in [0, 0.1) is 11.8 Å². The Kier molecular flexibility index (Phi) is 6.49. The van der Waals surface area contributed by atoms with Crippen molar-refractivity contribution in [3.05, 3.63) is 125 Å². The van der Waals surface area contributed by atoms with Crippen LogP contribution in [0.15, 0.2) is 108 Å². The van der Waals surface area contributed by atoms with Crippen molar-refractivity contribution < 1.29 is 4.42 Å². The first-order valence-electron chi connectivity index (χ1n) is 18.6. The van der Waals surface area contributed by atoms with Gasteiger partial charge in [-0.1, -0.05) is 100 Å². The molecule has 0 N–H and O–H groups in total. The second-order valence-corrected chi connectivity index (χ2v) is 16.0. The Morgan fingerprint density at radius 1 is 0.625 bits per heavy atom. The fraction of sp³-hybridized carbons (Fsp3) is 0.348. The summed E-state index contributed by atoms with van der Waals surface area (Å²) in [5.41, 5.74) is 13.8. The number of para-hydroxylation sites is 1. The zero-order chi connectivity index (χ0) is 32.0. The third kappa shape index (κ3) is 4.37. The monoisotopic (exact) mass is 627 g/mol. The molecule has 10 rings (SSSR count). The van der Waals surface area contributed by atoms with Crippen LogP contribution in [0.5, 0.6) is 0 Å². The third-order valence-corrected chi connectivity index (χ3v) is 13.0. The van der Waals surface area contributed by atoms with Gasteiger partial charge in [0.15, 0.2) is 0 Å². The van der Waals surface area contributed by atoms with Gasteiger partial charge >= 0.3 is 0 Å². The second kappa shape index (κ2) is 10.9. The number of furan rings is 1. The summed E-state index contributed by atoms with van der Waals surface area (Å²) in [5.74, 6) is 3.30. The average molecular weight is 628 g/mol. The average Bonchev–Trinajstić information content (AvgIpc) is 3.91. The largest absolute Gasteiger partial charge is 0.455 e. The molecule has 3 unspecified atom stereocenters. The Morgan fingerprint density at radius 3 is 2.08 bits per heavy atom. The van der Waals surface area contributed by atoms with Gasteiger partial charge in [0.1, 0.15) is 11.2 Å². The first kappa shape index (κ1) is 28.7. The molecule has 3 fully saturated rings. The number of rotatable bonds is 5. The minimum Gasteiger partial charge on any atom is -0.455 e. The molecule has 3 atom stereocenters. The Balaban J connectivity index is 1.08. The van der Waals surface area contributed by atoms with Crippen molar-refractivity contribution in [2.45, 2.75) is 88.9 Å². The van der Waals surface area contributed by atoms with E-state index in [2.05, 4.69) is 122 Å². The van der Waals surface area contributed by atoms with Crippen LogP contribution < -0.4 is 4.90 Å². The van der Waals surface area contributed by atoms with Crippen molar-refractivity contribution in [3.63, 3.8) is 0 Å². The number of anilines is 3. The Hall–Kier alpha value is -4.30. The summed E-state index contributed by atoms with van der Waals surface area (Å²) < 4.78 is 6.58. The maximum absolute atomic E-state index is 6.58. The first-order chi connectivity index (χ1) is 23.5. The molecule has 1 aromatic heterocycles. The molecule has 0 radical (unpaired) electrons. The number of hydrogen-bond donors (Lipinski definition) is 0. The van der Waals surface area contributed by atoms with E-state index in [4.69, 9.17) is 4.42 Å². The lowest BCUT2D eigenvalue weighted by molar-refractivity contribution is 0.420. The van der Waals surface area contributed by atoms with E-state index in [9.17, 15) is 0 Å². The van der Waals surface area contributed by atoms with Gasteiger partial charge < -0.3 is 9.32 Å². The smallest absolute Gasteiger partial charge is 0.143 e. The molecular weight excluding hydrogens is 583 g/mol. The number of nitrogens with zero attached hydrogens (tertiary/aromatic N) is 1. The van der Waals surface area contributed by atoms with Crippen LogP contribution in [0.1, 0.15) is 106 Å². The van der Waals surface area contributed by atoms with Crippen molar-refractivity contribution in [1.82, 2.24) is 0 Å². The summed E-state index contributed by atoms with van der Waals surface area (Å²) >= 11 is 0. The van der Waals surface area contributed by atoms with Crippen LogP contribution >= 0.6 is 0 Å². The molecular formula is C46H45NO. The van der Waals surface area contributed by atoms with Gasteiger partial charge in [0.2, 0.25) is 0 Å². The molecule has 6 aromatic rings. The van der Waals surface area contributed by atoms with Crippen LogP contribution in [-0.2, 0) is 5.41 Å². The molecule has 240 valence electrons. The summed E-state index contributed by atoms with van der Waals surface area (Å²) in [5, 5.41) is 2.39. The van der Waals surface area contributed by atoms with E-state index >= 15 is 0 Å². The quantitative estimate of drug-likeness (QED) is 0.189. The molecule has 4 aliphatic rings. The van der Waals surface area contributed by atoms with Gasteiger partial charge in [0.05, 0.1) is 0 Å². The van der Waals surface area contributed by atoms with Gasteiger partial charge in [-0.2, -0.15) is 0 Å². The van der Waals surface area contributed by atoms with Gasteiger partial charge in [-0.15, -0.1) is 0 Å². The van der Waals surface area contributed by atoms with E-state index in [0.29, 0.717) is 5.92 Å². The molecule has 2 heteroatoms. The molecule has 48 heavy (non-hydrogen) atoms. The lowest BCUT2D eigenvalue weighted by Gasteiger charge is -2.29. The third-order valence-electron chi connectivity index (χ3n) is 13.0. The molecule has 3 saturated carbocycles. The molecule has 5 aromatic carbocycles. The summed E-state index contributed by atoms with van der Waals surface area (Å²) in [6, 6.07) is 39.4. The SMILES string of the molecule is CC1(C)c2cc(N(c3ccc(C4CCCCC4)cc3)c3ccc(C4CC5CCC4C5)cc3)ccc2-c2c1ccc1c2oc2ccccc21. The van der Waals surface area contributed by atoms with Crippen LogP contribution in [0.25, 0.3) is 33.1 Å². The summed E-state index contributed by atoms with van der Waals surface area (Å²) in [7, 11) is 0. The zero-order valence-corrected chi connectivity index (χ0v) is 28.3. The van der Waals surface area contributed by atoms with Crippen molar-refractivity contribution in [2.24, 2.45) is 11.8 Å². The lowest BCUT2D eigenvalue weighted by Crippen LogP contribution is -2.16. The van der Waals surface area contributed by atoms with E-state index in [0.717, 1.165) is 28.9 Å². The molecule has 0 aliphatic heterocycles. The lowest BCUT2D eigenvalue weighted by atomic mass is 9.82. The summed E-state index contributed by atoms with van der Waals surface area (Å²) in [6.45, 7) is 4.76. The molecule has 4 aliphatic carbocycles. The van der Waals surface area contributed by atoms with E-state index in [-0.39, 0.29) is 5.41 Å². The van der Waals surface area contributed by atoms with Crippen molar-refractivity contribution >= 4 is 39.0 Å². The van der Waals surface area contributed by atoms with Gasteiger partial charge in [-0.3, -0.25) is 0 Å². The van der Waals surface area contributed by atoms with Crippen LogP contribution in [0.2, 0.25) is 0 Å². The highest BCUT2D eigenvalue weighted by atomic mass is 16.3. The minimum atomic E-state index is -0.143.